The Morgan fingerprint density at radius 3 is 2.50 bits per heavy atom. The van der Waals surface area contributed by atoms with Gasteiger partial charge in [-0.25, -0.2) is 4.98 Å². The molecular formula is C33H39N3OS. The van der Waals surface area contributed by atoms with Crippen molar-refractivity contribution in [2.75, 3.05) is 13.1 Å². The molecule has 0 saturated carbocycles. The van der Waals surface area contributed by atoms with E-state index >= 15 is 0 Å². The summed E-state index contributed by atoms with van der Waals surface area (Å²) in [5.74, 6) is 0.663. The number of para-hydroxylation sites is 1. The third-order valence-corrected chi connectivity index (χ3v) is 10.2. The number of carbonyl (C=O) groups is 1. The Kier molecular flexibility index (Phi) is 6.26. The van der Waals surface area contributed by atoms with Crippen LogP contribution in [0.4, 0.5) is 0 Å². The van der Waals surface area contributed by atoms with Gasteiger partial charge in [-0.3, -0.25) is 4.79 Å². The van der Waals surface area contributed by atoms with Crippen LogP contribution in [0.15, 0.2) is 47.8 Å². The SMILES string of the molecule is Cc1[nH]c2ccccc2c1CC(=O)N1CCC(c2nc(-c3ccc4c(c3)C(C)(C)CCC4(C)C)cs2)CC1. The molecule has 2 aromatic heterocycles. The predicted octanol–water partition coefficient (Wildman–Crippen LogP) is 7.90. The zero-order valence-electron chi connectivity index (χ0n) is 23.4. The van der Waals surface area contributed by atoms with Gasteiger partial charge >= 0.3 is 0 Å². The molecule has 2 aromatic carbocycles. The Morgan fingerprint density at radius 2 is 1.74 bits per heavy atom. The summed E-state index contributed by atoms with van der Waals surface area (Å²) in [5.41, 5.74) is 9.08. The van der Waals surface area contributed by atoms with E-state index in [-0.39, 0.29) is 16.7 Å². The lowest BCUT2D eigenvalue weighted by Gasteiger charge is -2.42. The number of piperidine rings is 1. The van der Waals surface area contributed by atoms with Gasteiger partial charge in [0.25, 0.3) is 0 Å². The van der Waals surface area contributed by atoms with Crippen molar-refractivity contribution in [3.8, 4) is 11.3 Å². The largest absolute Gasteiger partial charge is 0.358 e. The molecule has 1 amide bonds. The average molecular weight is 526 g/mol. The van der Waals surface area contributed by atoms with E-state index in [0.29, 0.717) is 12.3 Å². The Bertz CT molecular complexity index is 1500. The number of hydrogen-bond acceptors (Lipinski definition) is 3. The fourth-order valence-electron chi connectivity index (χ4n) is 6.56. The number of likely N-dealkylation sites (tertiary alicyclic amines) is 1. The van der Waals surface area contributed by atoms with Crippen LogP contribution >= 0.6 is 11.3 Å². The van der Waals surface area contributed by atoms with Crippen molar-refractivity contribution >= 4 is 28.1 Å². The summed E-state index contributed by atoms with van der Waals surface area (Å²) in [6.45, 7) is 13.2. The molecule has 6 rings (SSSR count). The zero-order chi connectivity index (χ0) is 26.7. The standard InChI is InChI=1S/C33H39N3OS/c1-21-25(24-8-6-7-9-28(24)34-21)19-30(37)36-16-12-22(13-17-36)31-35-29(20-38-31)23-10-11-26-27(18-23)33(4,5)15-14-32(26,2)3/h6-11,18,20,22,34H,12-17,19H2,1-5H3. The molecule has 0 spiro atoms. The van der Waals surface area contributed by atoms with E-state index in [4.69, 9.17) is 4.98 Å². The van der Waals surface area contributed by atoms with Crippen LogP contribution < -0.4 is 0 Å². The molecule has 4 nitrogen and oxygen atoms in total. The molecule has 2 aliphatic rings. The van der Waals surface area contributed by atoms with Crippen LogP contribution in [0.2, 0.25) is 0 Å². The highest BCUT2D eigenvalue weighted by molar-refractivity contribution is 7.10. The normalized spacial score (nSPS) is 19.0. The van der Waals surface area contributed by atoms with E-state index in [0.717, 1.165) is 53.8 Å². The minimum absolute atomic E-state index is 0.199. The molecule has 38 heavy (non-hydrogen) atoms. The van der Waals surface area contributed by atoms with Crippen molar-refractivity contribution < 1.29 is 4.79 Å². The smallest absolute Gasteiger partial charge is 0.227 e. The summed E-state index contributed by atoms with van der Waals surface area (Å²) in [7, 11) is 0. The van der Waals surface area contributed by atoms with Crippen molar-refractivity contribution in [3.05, 3.63) is 75.2 Å². The number of hydrogen-bond donors (Lipinski definition) is 1. The number of carbonyl (C=O) groups excluding carboxylic acids is 1. The second-order valence-corrected chi connectivity index (χ2v) is 13.6. The van der Waals surface area contributed by atoms with Gasteiger partial charge in [0.05, 0.1) is 17.1 Å². The second kappa shape index (κ2) is 9.37. The van der Waals surface area contributed by atoms with Crippen molar-refractivity contribution in [3.63, 3.8) is 0 Å². The monoisotopic (exact) mass is 525 g/mol. The molecule has 0 unspecified atom stereocenters. The van der Waals surface area contributed by atoms with Crippen molar-refractivity contribution in [2.24, 2.45) is 0 Å². The number of H-pyrrole nitrogens is 1. The highest BCUT2D eigenvalue weighted by Gasteiger charge is 2.37. The number of fused-ring (bicyclic) bond motifs is 2. The highest BCUT2D eigenvalue weighted by Crippen LogP contribution is 2.47. The molecule has 3 heterocycles. The molecule has 1 aliphatic carbocycles. The van der Waals surface area contributed by atoms with Gasteiger partial charge in [-0.05, 0) is 72.3 Å². The molecule has 1 N–H and O–H groups in total. The number of aromatic nitrogens is 2. The van der Waals surface area contributed by atoms with Crippen molar-refractivity contribution in [1.29, 1.82) is 0 Å². The van der Waals surface area contributed by atoms with Crippen LogP contribution in [0.3, 0.4) is 0 Å². The number of nitrogens with zero attached hydrogens (tertiary/aromatic N) is 2. The number of rotatable bonds is 4. The summed E-state index contributed by atoms with van der Waals surface area (Å²) < 4.78 is 0. The first-order valence-electron chi connectivity index (χ1n) is 14.1. The summed E-state index contributed by atoms with van der Waals surface area (Å²) in [5, 5.41) is 4.62. The van der Waals surface area contributed by atoms with Crippen LogP contribution in [0.25, 0.3) is 22.2 Å². The van der Waals surface area contributed by atoms with Gasteiger partial charge in [0.2, 0.25) is 5.91 Å². The zero-order valence-corrected chi connectivity index (χ0v) is 24.2. The quantitative estimate of drug-likeness (QED) is 0.294. The molecular weight excluding hydrogens is 486 g/mol. The summed E-state index contributed by atoms with van der Waals surface area (Å²) in [4.78, 5) is 23.8. The Morgan fingerprint density at radius 1 is 1.03 bits per heavy atom. The van der Waals surface area contributed by atoms with Crippen LogP contribution in [-0.2, 0) is 22.0 Å². The van der Waals surface area contributed by atoms with Gasteiger partial charge in [-0.15, -0.1) is 11.3 Å². The molecule has 1 fully saturated rings. The lowest BCUT2D eigenvalue weighted by atomic mass is 9.63. The number of amides is 1. The molecule has 0 atom stereocenters. The van der Waals surface area contributed by atoms with E-state index in [1.165, 1.54) is 34.5 Å². The van der Waals surface area contributed by atoms with Crippen LogP contribution in [0.5, 0.6) is 0 Å². The van der Waals surface area contributed by atoms with E-state index in [9.17, 15) is 4.79 Å². The van der Waals surface area contributed by atoms with Crippen molar-refractivity contribution in [1.82, 2.24) is 14.9 Å². The maximum absolute atomic E-state index is 13.2. The van der Waals surface area contributed by atoms with Crippen LogP contribution in [-0.4, -0.2) is 33.9 Å². The third kappa shape index (κ3) is 4.49. The number of aryl methyl sites for hydroxylation is 1. The number of benzene rings is 2. The highest BCUT2D eigenvalue weighted by atomic mass is 32.1. The summed E-state index contributed by atoms with van der Waals surface area (Å²) in [6.07, 6.45) is 4.88. The molecule has 0 radical (unpaired) electrons. The van der Waals surface area contributed by atoms with Crippen LogP contribution in [0.1, 0.15) is 86.7 Å². The lowest BCUT2D eigenvalue weighted by molar-refractivity contribution is -0.131. The number of nitrogens with one attached hydrogen (secondary N) is 1. The summed E-state index contributed by atoms with van der Waals surface area (Å²) >= 11 is 1.79. The first-order valence-corrected chi connectivity index (χ1v) is 15.0. The van der Waals surface area contributed by atoms with Gasteiger partial charge in [0.15, 0.2) is 0 Å². The predicted molar refractivity (Wildman–Crippen MR) is 158 cm³/mol. The maximum Gasteiger partial charge on any atom is 0.227 e. The van der Waals surface area contributed by atoms with Gasteiger partial charge < -0.3 is 9.88 Å². The topological polar surface area (TPSA) is 49.0 Å². The van der Waals surface area contributed by atoms with E-state index in [2.05, 4.69) is 80.2 Å². The molecule has 198 valence electrons. The van der Waals surface area contributed by atoms with E-state index < -0.39 is 0 Å². The molecule has 0 bridgehead atoms. The van der Waals surface area contributed by atoms with Gasteiger partial charge in [-0.2, -0.15) is 0 Å². The number of thiazole rings is 1. The van der Waals surface area contributed by atoms with Crippen LogP contribution in [0, 0.1) is 6.92 Å². The third-order valence-electron chi connectivity index (χ3n) is 9.22. The fraction of sp³-hybridized carbons (Fsp3) is 0.455. The van der Waals surface area contributed by atoms with Gasteiger partial charge in [0, 0.05) is 46.5 Å². The van der Waals surface area contributed by atoms with E-state index in [1.54, 1.807) is 11.3 Å². The van der Waals surface area contributed by atoms with E-state index in [1.807, 2.05) is 12.1 Å². The van der Waals surface area contributed by atoms with Crippen molar-refractivity contribution in [2.45, 2.75) is 83.5 Å². The minimum Gasteiger partial charge on any atom is -0.358 e. The minimum atomic E-state index is 0.199. The molecule has 1 saturated heterocycles. The van der Waals surface area contributed by atoms with Gasteiger partial charge in [-0.1, -0.05) is 58.0 Å². The maximum atomic E-state index is 13.2. The molecule has 4 aromatic rings. The fourth-order valence-corrected chi connectivity index (χ4v) is 7.56. The Balaban J connectivity index is 1.13. The Hall–Kier alpha value is -2.92. The average Bonchev–Trinajstić information content (AvgIpc) is 3.52. The second-order valence-electron chi connectivity index (χ2n) is 12.7. The number of aromatic amines is 1. The molecule has 5 heteroatoms. The molecule has 1 aliphatic heterocycles. The van der Waals surface area contributed by atoms with Gasteiger partial charge in [0.1, 0.15) is 0 Å². The summed E-state index contributed by atoms with van der Waals surface area (Å²) in [6, 6.07) is 15.3. The first-order chi connectivity index (χ1) is 18.1. The first kappa shape index (κ1) is 25.4. The Labute approximate surface area is 230 Å². The lowest BCUT2D eigenvalue weighted by Crippen LogP contribution is -2.38.